The number of fused-ring (bicyclic) bond motifs is 3. The van der Waals surface area contributed by atoms with Gasteiger partial charge in [0.15, 0.2) is 0 Å². The van der Waals surface area contributed by atoms with E-state index in [9.17, 15) is 14.7 Å². The minimum atomic E-state index is -0.932. The monoisotopic (exact) mass is 349 g/mol. The zero-order valence-corrected chi connectivity index (χ0v) is 14.3. The van der Waals surface area contributed by atoms with Crippen LogP contribution in [0.15, 0.2) is 54.6 Å². The van der Waals surface area contributed by atoms with Crippen molar-refractivity contribution in [1.82, 2.24) is 0 Å². The highest BCUT2D eigenvalue weighted by atomic mass is 16.5. The molecule has 1 aliphatic heterocycles. The number of esters is 1. The fourth-order valence-corrected chi connectivity index (χ4v) is 4.04. The van der Waals surface area contributed by atoms with Crippen molar-refractivity contribution in [1.29, 1.82) is 0 Å². The van der Waals surface area contributed by atoms with Gasteiger partial charge >= 0.3 is 11.9 Å². The standard InChI is InChI=1S/C21H19NO4/c1-12(23)26-14-10-8-13(9-11-14)19-16-5-2-4-15(16)17-6-3-7-18(21(24)25)20(17)22-19/h2-4,6-11,15-16,19,22H,5H2,1H3,(H,24,25)/t15-,16-,19+/m1/s1. The summed E-state index contributed by atoms with van der Waals surface area (Å²) in [6.07, 6.45) is 5.28. The molecule has 1 aliphatic carbocycles. The normalized spacial score (nSPS) is 22.9. The number of anilines is 1. The number of ether oxygens (including phenoxy) is 1. The molecule has 0 spiro atoms. The summed E-state index contributed by atoms with van der Waals surface area (Å²) in [6, 6.07) is 12.8. The summed E-state index contributed by atoms with van der Waals surface area (Å²) in [5, 5.41) is 13.0. The Morgan fingerprint density at radius 1 is 1.15 bits per heavy atom. The Morgan fingerprint density at radius 2 is 1.92 bits per heavy atom. The van der Waals surface area contributed by atoms with Gasteiger partial charge in [-0.2, -0.15) is 0 Å². The molecule has 26 heavy (non-hydrogen) atoms. The fourth-order valence-electron chi connectivity index (χ4n) is 4.04. The van der Waals surface area contributed by atoms with Crippen molar-refractivity contribution in [3.8, 4) is 5.75 Å². The first-order valence-corrected chi connectivity index (χ1v) is 8.62. The van der Waals surface area contributed by atoms with Crippen molar-refractivity contribution in [2.24, 2.45) is 5.92 Å². The lowest BCUT2D eigenvalue weighted by Gasteiger charge is -2.38. The Kier molecular flexibility index (Phi) is 3.99. The number of hydrogen-bond acceptors (Lipinski definition) is 4. The van der Waals surface area contributed by atoms with Crippen LogP contribution in [0.25, 0.3) is 0 Å². The average molecular weight is 349 g/mol. The molecule has 2 aromatic carbocycles. The summed E-state index contributed by atoms with van der Waals surface area (Å²) in [7, 11) is 0. The predicted molar refractivity (Wildman–Crippen MR) is 97.5 cm³/mol. The van der Waals surface area contributed by atoms with Gasteiger partial charge in [0.1, 0.15) is 5.75 Å². The largest absolute Gasteiger partial charge is 0.478 e. The highest BCUT2D eigenvalue weighted by molar-refractivity contribution is 5.95. The number of benzene rings is 2. The summed E-state index contributed by atoms with van der Waals surface area (Å²) in [5.41, 5.74) is 3.08. The van der Waals surface area contributed by atoms with Crippen LogP contribution in [0, 0.1) is 5.92 Å². The highest BCUT2D eigenvalue weighted by Crippen LogP contribution is 2.50. The van der Waals surface area contributed by atoms with E-state index in [2.05, 4.69) is 17.5 Å². The van der Waals surface area contributed by atoms with Crippen LogP contribution in [0.2, 0.25) is 0 Å². The molecule has 0 saturated heterocycles. The van der Waals surface area contributed by atoms with Crippen LogP contribution in [0.5, 0.6) is 5.75 Å². The van der Waals surface area contributed by atoms with Gasteiger partial charge in [-0.05, 0) is 41.7 Å². The Balaban J connectivity index is 1.72. The van der Waals surface area contributed by atoms with Gasteiger partial charge in [-0.25, -0.2) is 4.79 Å². The summed E-state index contributed by atoms with van der Waals surface area (Å²) in [5.74, 6) is -0.257. The zero-order chi connectivity index (χ0) is 18.3. The molecule has 4 rings (SSSR count). The zero-order valence-electron chi connectivity index (χ0n) is 14.3. The van der Waals surface area contributed by atoms with Crippen molar-refractivity contribution in [2.45, 2.75) is 25.3 Å². The SMILES string of the molecule is CC(=O)Oc1ccc([C@@H]2Nc3c(C(=O)O)cccc3[C@@H]3C=CC[C@H]32)cc1. The van der Waals surface area contributed by atoms with Crippen LogP contribution >= 0.6 is 0 Å². The second-order valence-corrected chi connectivity index (χ2v) is 6.71. The van der Waals surface area contributed by atoms with E-state index >= 15 is 0 Å². The van der Waals surface area contributed by atoms with Gasteiger partial charge in [-0.3, -0.25) is 4.79 Å². The number of allylic oxidation sites excluding steroid dienone is 2. The van der Waals surface area contributed by atoms with Crippen molar-refractivity contribution in [3.63, 3.8) is 0 Å². The summed E-state index contributed by atoms with van der Waals surface area (Å²) < 4.78 is 5.10. The average Bonchev–Trinajstić information content (AvgIpc) is 3.10. The molecule has 0 aromatic heterocycles. The molecule has 0 saturated carbocycles. The number of aromatic carboxylic acids is 1. The first kappa shape index (κ1) is 16.4. The van der Waals surface area contributed by atoms with Gasteiger partial charge in [0.2, 0.25) is 0 Å². The summed E-state index contributed by atoms with van der Waals surface area (Å²) in [6.45, 7) is 1.37. The van der Waals surface area contributed by atoms with E-state index in [-0.39, 0.29) is 17.9 Å². The molecule has 0 fully saturated rings. The van der Waals surface area contributed by atoms with Crippen molar-refractivity contribution < 1.29 is 19.4 Å². The number of para-hydroxylation sites is 1. The molecule has 0 unspecified atom stereocenters. The molecule has 1 heterocycles. The second-order valence-electron chi connectivity index (χ2n) is 6.71. The smallest absolute Gasteiger partial charge is 0.337 e. The molecule has 2 aromatic rings. The molecule has 5 nitrogen and oxygen atoms in total. The van der Waals surface area contributed by atoms with Crippen LogP contribution in [0.4, 0.5) is 5.69 Å². The van der Waals surface area contributed by atoms with Crippen molar-refractivity contribution >= 4 is 17.6 Å². The van der Waals surface area contributed by atoms with E-state index in [1.165, 1.54) is 6.92 Å². The summed E-state index contributed by atoms with van der Waals surface area (Å²) >= 11 is 0. The third-order valence-corrected chi connectivity index (χ3v) is 5.13. The Labute approximate surface area is 151 Å². The van der Waals surface area contributed by atoms with Gasteiger partial charge in [0, 0.05) is 12.8 Å². The lowest BCUT2D eigenvalue weighted by Crippen LogP contribution is -2.30. The van der Waals surface area contributed by atoms with E-state index in [4.69, 9.17) is 4.74 Å². The predicted octanol–water partition coefficient (Wildman–Crippen LogP) is 4.14. The number of rotatable bonds is 3. The molecule has 2 aliphatic rings. The number of carbonyl (C=O) groups is 2. The second kappa shape index (κ2) is 6.33. The van der Waals surface area contributed by atoms with Crippen LogP contribution in [0.1, 0.15) is 46.8 Å². The van der Waals surface area contributed by atoms with E-state index in [1.807, 2.05) is 18.2 Å². The number of hydrogen-bond donors (Lipinski definition) is 2. The minimum Gasteiger partial charge on any atom is -0.478 e. The Hall–Kier alpha value is -3.08. The molecule has 2 N–H and O–H groups in total. The number of nitrogens with one attached hydrogen (secondary N) is 1. The lowest BCUT2D eigenvalue weighted by molar-refractivity contribution is -0.131. The lowest BCUT2D eigenvalue weighted by atomic mass is 9.76. The van der Waals surface area contributed by atoms with Gasteiger partial charge in [0.05, 0.1) is 17.3 Å². The quantitative estimate of drug-likeness (QED) is 0.495. The minimum absolute atomic E-state index is 0.00521. The molecule has 0 bridgehead atoms. The van der Waals surface area contributed by atoms with Crippen LogP contribution < -0.4 is 10.1 Å². The first-order chi connectivity index (χ1) is 12.5. The maximum absolute atomic E-state index is 11.6. The van der Waals surface area contributed by atoms with E-state index in [1.54, 1.807) is 24.3 Å². The van der Waals surface area contributed by atoms with Crippen LogP contribution in [-0.2, 0) is 4.79 Å². The molecular formula is C21H19NO4. The van der Waals surface area contributed by atoms with E-state index in [0.29, 0.717) is 22.9 Å². The third-order valence-electron chi connectivity index (χ3n) is 5.13. The van der Waals surface area contributed by atoms with E-state index < -0.39 is 5.97 Å². The molecule has 0 amide bonds. The fraction of sp³-hybridized carbons (Fsp3) is 0.238. The van der Waals surface area contributed by atoms with E-state index in [0.717, 1.165) is 17.5 Å². The first-order valence-electron chi connectivity index (χ1n) is 8.62. The topological polar surface area (TPSA) is 75.6 Å². The van der Waals surface area contributed by atoms with Crippen LogP contribution in [-0.4, -0.2) is 17.0 Å². The van der Waals surface area contributed by atoms with Gasteiger partial charge in [0.25, 0.3) is 0 Å². The molecule has 0 radical (unpaired) electrons. The maximum atomic E-state index is 11.6. The summed E-state index contributed by atoms with van der Waals surface area (Å²) in [4.78, 5) is 22.7. The number of carbonyl (C=O) groups excluding carboxylic acids is 1. The molecular weight excluding hydrogens is 330 g/mol. The molecule has 132 valence electrons. The Bertz CT molecular complexity index is 901. The van der Waals surface area contributed by atoms with Gasteiger partial charge in [-0.1, -0.05) is 36.4 Å². The maximum Gasteiger partial charge on any atom is 0.337 e. The van der Waals surface area contributed by atoms with Crippen molar-refractivity contribution in [3.05, 3.63) is 71.3 Å². The van der Waals surface area contributed by atoms with Crippen molar-refractivity contribution in [2.75, 3.05) is 5.32 Å². The van der Waals surface area contributed by atoms with Crippen LogP contribution in [0.3, 0.4) is 0 Å². The highest BCUT2D eigenvalue weighted by Gasteiger charge is 2.39. The van der Waals surface area contributed by atoms with Gasteiger partial charge in [-0.15, -0.1) is 0 Å². The molecule has 3 atom stereocenters. The number of carboxylic acid groups (broad SMARTS) is 1. The van der Waals surface area contributed by atoms with Gasteiger partial charge < -0.3 is 15.2 Å². The Morgan fingerprint density at radius 3 is 2.62 bits per heavy atom. The number of carboxylic acids is 1. The molecule has 5 heteroatoms. The third kappa shape index (κ3) is 2.75.